The third-order valence-electron chi connectivity index (χ3n) is 3.06. The minimum atomic E-state index is -0.159. The van der Waals surface area contributed by atoms with Gasteiger partial charge in [0.05, 0.1) is 0 Å². The van der Waals surface area contributed by atoms with Crippen LogP contribution in [0.25, 0.3) is 0 Å². The van der Waals surface area contributed by atoms with Crippen molar-refractivity contribution in [3.8, 4) is 0 Å². The van der Waals surface area contributed by atoms with E-state index < -0.39 is 0 Å². The monoisotopic (exact) mass is 317 g/mol. The molecule has 1 aromatic carbocycles. The van der Waals surface area contributed by atoms with Crippen molar-refractivity contribution < 1.29 is 9.13 Å². The molecule has 2 nitrogen and oxygen atoms in total. The number of ether oxygens (including phenoxy) is 1. The highest BCUT2D eigenvalue weighted by Gasteiger charge is 2.21. The lowest BCUT2D eigenvalue weighted by molar-refractivity contribution is 0.170. The van der Waals surface area contributed by atoms with Crippen molar-refractivity contribution in [2.75, 3.05) is 20.3 Å². The Balaban J connectivity index is 2.92. The Kier molecular flexibility index (Phi) is 6.82. The van der Waals surface area contributed by atoms with E-state index in [1.807, 2.05) is 13.0 Å². The zero-order chi connectivity index (χ0) is 13.5. The van der Waals surface area contributed by atoms with E-state index in [4.69, 9.17) is 4.74 Å². The van der Waals surface area contributed by atoms with E-state index in [0.29, 0.717) is 12.5 Å². The largest absolute Gasteiger partial charge is 0.385 e. The molecule has 0 bridgehead atoms. The fraction of sp³-hybridized carbons (Fsp3) is 0.571. The van der Waals surface area contributed by atoms with Crippen LogP contribution in [0.3, 0.4) is 0 Å². The van der Waals surface area contributed by atoms with Crippen LogP contribution in [-0.4, -0.2) is 20.3 Å². The lowest BCUT2D eigenvalue weighted by atomic mass is 9.91. The van der Waals surface area contributed by atoms with Crippen LogP contribution in [0.5, 0.6) is 0 Å². The van der Waals surface area contributed by atoms with Crippen LogP contribution < -0.4 is 5.32 Å². The number of hydrogen-bond donors (Lipinski definition) is 1. The minimum absolute atomic E-state index is 0.0163. The Morgan fingerprint density at radius 3 is 2.78 bits per heavy atom. The van der Waals surface area contributed by atoms with Crippen molar-refractivity contribution >= 4 is 15.9 Å². The van der Waals surface area contributed by atoms with Gasteiger partial charge in [-0.3, -0.25) is 0 Å². The predicted octanol–water partition coefficient (Wildman–Crippen LogP) is 3.91. The van der Waals surface area contributed by atoms with Crippen LogP contribution in [0, 0.1) is 11.7 Å². The smallest absolute Gasteiger partial charge is 0.128 e. The molecule has 2 atom stereocenters. The summed E-state index contributed by atoms with van der Waals surface area (Å²) in [6.45, 7) is 5.66. The van der Waals surface area contributed by atoms with Crippen molar-refractivity contribution in [2.45, 2.75) is 26.3 Å². The van der Waals surface area contributed by atoms with Gasteiger partial charge in [-0.05, 0) is 37.1 Å². The fourth-order valence-corrected chi connectivity index (χ4v) is 2.44. The van der Waals surface area contributed by atoms with Crippen LogP contribution in [0.2, 0.25) is 0 Å². The molecule has 4 heteroatoms. The first-order valence-electron chi connectivity index (χ1n) is 6.27. The topological polar surface area (TPSA) is 21.3 Å². The molecule has 0 aliphatic rings. The van der Waals surface area contributed by atoms with Gasteiger partial charge in [-0.25, -0.2) is 4.39 Å². The summed E-state index contributed by atoms with van der Waals surface area (Å²) in [6, 6.07) is 5.10. The van der Waals surface area contributed by atoms with E-state index in [2.05, 4.69) is 28.2 Å². The van der Waals surface area contributed by atoms with Gasteiger partial charge in [-0.15, -0.1) is 0 Å². The molecule has 0 aromatic heterocycles. The molecule has 1 N–H and O–H groups in total. The van der Waals surface area contributed by atoms with Crippen LogP contribution in [0.1, 0.15) is 31.9 Å². The lowest BCUT2D eigenvalue weighted by Crippen LogP contribution is -2.28. The maximum Gasteiger partial charge on any atom is 0.128 e. The summed E-state index contributed by atoms with van der Waals surface area (Å²) in [5.74, 6) is 0.155. The third kappa shape index (κ3) is 4.34. The number of halogens is 2. The van der Waals surface area contributed by atoms with Gasteiger partial charge in [0.2, 0.25) is 0 Å². The molecule has 0 fully saturated rings. The molecule has 0 amide bonds. The second kappa shape index (κ2) is 7.87. The average molecular weight is 318 g/mol. The first-order chi connectivity index (χ1) is 8.60. The highest BCUT2D eigenvalue weighted by atomic mass is 79.9. The second-order valence-electron chi connectivity index (χ2n) is 4.46. The van der Waals surface area contributed by atoms with Crippen molar-refractivity contribution in [2.24, 2.45) is 5.92 Å². The van der Waals surface area contributed by atoms with Crippen molar-refractivity contribution in [3.05, 3.63) is 34.1 Å². The molecule has 2 unspecified atom stereocenters. The zero-order valence-electron chi connectivity index (χ0n) is 11.2. The number of rotatable bonds is 7. The Hall–Kier alpha value is -0.450. The van der Waals surface area contributed by atoms with Crippen molar-refractivity contribution in [1.82, 2.24) is 5.32 Å². The second-order valence-corrected chi connectivity index (χ2v) is 5.38. The highest BCUT2D eigenvalue weighted by Crippen LogP contribution is 2.28. The summed E-state index contributed by atoms with van der Waals surface area (Å²) in [6.07, 6.45) is 0.903. The SMILES string of the molecule is CCNC(c1cc(Br)ccc1F)C(C)CCOC. The van der Waals surface area contributed by atoms with E-state index in [1.165, 1.54) is 6.07 Å². The Morgan fingerprint density at radius 2 is 2.17 bits per heavy atom. The average Bonchev–Trinajstić information content (AvgIpc) is 2.36. The molecule has 18 heavy (non-hydrogen) atoms. The predicted molar refractivity (Wildman–Crippen MR) is 76.2 cm³/mol. The van der Waals surface area contributed by atoms with Crippen LogP contribution in [0.4, 0.5) is 4.39 Å². The van der Waals surface area contributed by atoms with Crippen LogP contribution in [0.15, 0.2) is 22.7 Å². The van der Waals surface area contributed by atoms with E-state index in [1.54, 1.807) is 13.2 Å². The van der Waals surface area contributed by atoms with Gasteiger partial charge in [0.25, 0.3) is 0 Å². The molecule has 0 spiro atoms. The quantitative estimate of drug-likeness (QED) is 0.823. The summed E-state index contributed by atoms with van der Waals surface area (Å²) in [7, 11) is 1.69. The molecule has 102 valence electrons. The first-order valence-corrected chi connectivity index (χ1v) is 7.06. The first kappa shape index (κ1) is 15.6. The maximum absolute atomic E-state index is 13.9. The molecule has 0 aliphatic carbocycles. The van der Waals surface area contributed by atoms with Crippen molar-refractivity contribution in [1.29, 1.82) is 0 Å². The molecule has 0 saturated carbocycles. The molecule has 0 saturated heterocycles. The Labute approximate surface area is 117 Å². The Bertz CT molecular complexity index is 373. The number of hydrogen-bond acceptors (Lipinski definition) is 2. The molecule has 1 rings (SSSR count). The van der Waals surface area contributed by atoms with E-state index in [-0.39, 0.29) is 11.9 Å². The van der Waals surface area contributed by atoms with Crippen LogP contribution >= 0.6 is 15.9 Å². The normalized spacial score (nSPS) is 14.5. The van der Waals surface area contributed by atoms with Gasteiger partial charge >= 0.3 is 0 Å². The molecule has 1 aromatic rings. The van der Waals surface area contributed by atoms with Crippen molar-refractivity contribution in [3.63, 3.8) is 0 Å². The van der Waals surface area contributed by atoms with Gasteiger partial charge in [-0.2, -0.15) is 0 Å². The van der Waals surface area contributed by atoms with E-state index >= 15 is 0 Å². The lowest BCUT2D eigenvalue weighted by Gasteiger charge is -2.25. The Morgan fingerprint density at radius 1 is 1.44 bits per heavy atom. The number of methoxy groups -OCH3 is 1. The van der Waals surface area contributed by atoms with E-state index in [0.717, 1.165) is 23.0 Å². The molecule has 0 radical (unpaired) electrons. The molecule has 0 aliphatic heterocycles. The minimum Gasteiger partial charge on any atom is -0.385 e. The molecular weight excluding hydrogens is 297 g/mol. The molecule has 0 heterocycles. The fourth-order valence-electron chi connectivity index (χ4n) is 2.06. The highest BCUT2D eigenvalue weighted by molar-refractivity contribution is 9.10. The number of nitrogens with one attached hydrogen (secondary N) is 1. The maximum atomic E-state index is 13.9. The zero-order valence-corrected chi connectivity index (χ0v) is 12.8. The summed E-state index contributed by atoms with van der Waals surface area (Å²) in [4.78, 5) is 0. The summed E-state index contributed by atoms with van der Waals surface area (Å²) in [5.41, 5.74) is 0.717. The summed E-state index contributed by atoms with van der Waals surface area (Å²) < 4.78 is 19.9. The van der Waals surface area contributed by atoms with Gasteiger partial charge in [-0.1, -0.05) is 29.8 Å². The summed E-state index contributed by atoms with van der Waals surface area (Å²) >= 11 is 3.40. The summed E-state index contributed by atoms with van der Waals surface area (Å²) in [5, 5.41) is 3.36. The molecular formula is C14H21BrFNO. The van der Waals surface area contributed by atoms with Gasteiger partial charge < -0.3 is 10.1 Å². The van der Waals surface area contributed by atoms with E-state index in [9.17, 15) is 4.39 Å². The third-order valence-corrected chi connectivity index (χ3v) is 3.56. The van der Waals surface area contributed by atoms with Gasteiger partial charge in [0, 0.05) is 29.8 Å². The van der Waals surface area contributed by atoms with Crippen LogP contribution in [-0.2, 0) is 4.74 Å². The number of benzene rings is 1. The standard InChI is InChI=1S/C14H21BrFNO/c1-4-17-14(10(2)7-8-18-3)12-9-11(15)5-6-13(12)16/h5-6,9-10,14,17H,4,7-8H2,1-3H3. The van der Waals surface area contributed by atoms with Gasteiger partial charge in [0.1, 0.15) is 5.82 Å². The van der Waals surface area contributed by atoms with Gasteiger partial charge in [0.15, 0.2) is 0 Å².